The largest absolute Gasteiger partial charge is 0.480 e. The molecule has 21 heavy (non-hydrogen) atoms. The van der Waals surface area contributed by atoms with E-state index >= 15 is 0 Å². The van der Waals surface area contributed by atoms with Crippen LogP contribution >= 0.6 is 0 Å². The van der Waals surface area contributed by atoms with Crippen LogP contribution in [0.2, 0.25) is 0 Å². The van der Waals surface area contributed by atoms with Gasteiger partial charge in [0.1, 0.15) is 6.54 Å². The first-order valence-electron chi connectivity index (χ1n) is 5.81. The van der Waals surface area contributed by atoms with Gasteiger partial charge in [-0.3, -0.25) is 14.9 Å². The number of nitrogens with one attached hydrogen (secondary N) is 1. The standard InChI is InChI=1S/C13H13N3O5/c1-3-6-15(8-12(17)18)13(19)14-11-5-4-10(16(20)21)7-9(11)2/h1,4-5,7H,6,8H2,2H3,(H,14,19)(H,17,18). The van der Waals surface area contributed by atoms with E-state index in [2.05, 4.69) is 11.2 Å². The third kappa shape index (κ3) is 4.50. The summed E-state index contributed by atoms with van der Waals surface area (Å²) in [4.78, 5) is 33.6. The molecule has 0 fully saturated rings. The second-order valence-corrected chi connectivity index (χ2v) is 4.14. The maximum Gasteiger partial charge on any atom is 0.323 e. The Labute approximate surface area is 120 Å². The molecule has 0 aliphatic heterocycles. The van der Waals surface area contributed by atoms with E-state index in [-0.39, 0.29) is 12.2 Å². The Hall–Kier alpha value is -3.08. The summed E-state index contributed by atoms with van der Waals surface area (Å²) in [5.74, 6) is 0.997. The van der Waals surface area contributed by atoms with E-state index in [4.69, 9.17) is 11.5 Å². The third-order valence-electron chi connectivity index (χ3n) is 2.56. The molecule has 110 valence electrons. The highest BCUT2D eigenvalue weighted by Gasteiger charge is 2.17. The van der Waals surface area contributed by atoms with E-state index in [1.807, 2.05) is 0 Å². The molecule has 0 saturated heterocycles. The summed E-state index contributed by atoms with van der Waals surface area (Å²) in [5, 5.41) is 21.8. The third-order valence-corrected chi connectivity index (χ3v) is 2.56. The number of aliphatic carboxylic acids is 1. The normalized spacial score (nSPS) is 9.52. The number of benzene rings is 1. The quantitative estimate of drug-likeness (QED) is 0.484. The summed E-state index contributed by atoms with van der Waals surface area (Å²) in [6.45, 7) is 0.886. The van der Waals surface area contributed by atoms with Crippen LogP contribution in [0.5, 0.6) is 0 Å². The SMILES string of the molecule is C#CCN(CC(=O)O)C(=O)Nc1ccc([N+](=O)[O-])cc1C. The molecule has 8 nitrogen and oxygen atoms in total. The first-order chi connectivity index (χ1) is 9.85. The van der Waals surface area contributed by atoms with Gasteiger partial charge in [0, 0.05) is 17.8 Å². The van der Waals surface area contributed by atoms with Gasteiger partial charge in [-0.25, -0.2) is 4.79 Å². The number of carbonyl (C=O) groups excluding carboxylic acids is 1. The van der Waals surface area contributed by atoms with Crippen molar-refractivity contribution in [2.24, 2.45) is 0 Å². The lowest BCUT2D eigenvalue weighted by molar-refractivity contribution is -0.384. The number of nitrogens with zero attached hydrogens (tertiary/aromatic N) is 2. The number of non-ortho nitro benzene ring substituents is 1. The van der Waals surface area contributed by atoms with Crippen molar-refractivity contribution in [3.05, 3.63) is 33.9 Å². The van der Waals surface area contributed by atoms with Crippen LogP contribution in [-0.4, -0.2) is 40.0 Å². The Bertz CT molecular complexity index is 621. The van der Waals surface area contributed by atoms with Gasteiger partial charge in [-0.05, 0) is 18.6 Å². The minimum Gasteiger partial charge on any atom is -0.480 e. The molecule has 0 saturated carbocycles. The van der Waals surface area contributed by atoms with Crippen LogP contribution in [0.15, 0.2) is 18.2 Å². The lowest BCUT2D eigenvalue weighted by atomic mass is 10.2. The highest BCUT2D eigenvalue weighted by atomic mass is 16.6. The second kappa shape index (κ2) is 6.91. The Morgan fingerprint density at radius 2 is 2.19 bits per heavy atom. The van der Waals surface area contributed by atoms with E-state index in [1.165, 1.54) is 18.2 Å². The van der Waals surface area contributed by atoms with Crippen molar-refractivity contribution in [2.75, 3.05) is 18.4 Å². The topological polar surface area (TPSA) is 113 Å². The van der Waals surface area contributed by atoms with Crippen LogP contribution in [-0.2, 0) is 4.79 Å². The van der Waals surface area contributed by atoms with E-state index in [0.29, 0.717) is 11.3 Å². The number of hydrogen-bond acceptors (Lipinski definition) is 4. The zero-order chi connectivity index (χ0) is 16.0. The minimum absolute atomic E-state index is 0.100. The predicted octanol–water partition coefficient (Wildman–Crippen LogP) is 1.45. The summed E-state index contributed by atoms with van der Waals surface area (Å²) in [5.41, 5.74) is 0.725. The van der Waals surface area contributed by atoms with Gasteiger partial charge < -0.3 is 15.3 Å². The maximum absolute atomic E-state index is 11.9. The highest BCUT2D eigenvalue weighted by molar-refractivity contribution is 5.92. The molecule has 0 bridgehead atoms. The molecule has 1 rings (SSSR count). The Kier molecular flexibility index (Phi) is 5.25. The molecule has 2 amide bonds. The number of carbonyl (C=O) groups is 2. The number of carboxylic acid groups (broad SMARTS) is 1. The van der Waals surface area contributed by atoms with E-state index in [9.17, 15) is 19.7 Å². The average Bonchev–Trinajstić information content (AvgIpc) is 2.39. The number of hydrogen-bond donors (Lipinski definition) is 2. The van der Waals surface area contributed by atoms with Gasteiger partial charge >= 0.3 is 12.0 Å². The van der Waals surface area contributed by atoms with Crippen LogP contribution in [0.3, 0.4) is 0 Å². The number of nitro benzene ring substituents is 1. The molecule has 0 atom stereocenters. The zero-order valence-electron chi connectivity index (χ0n) is 11.2. The molecular weight excluding hydrogens is 278 g/mol. The lowest BCUT2D eigenvalue weighted by Crippen LogP contribution is -2.39. The van der Waals surface area contributed by atoms with Crippen molar-refractivity contribution >= 4 is 23.4 Å². The number of aryl methyl sites for hydroxylation is 1. The molecule has 0 aromatic heterocycles. The lowest BCUT2D eigenvalue weighted by Gasteiger charge is -2.19. The molecule has 2 N–H and O–H groups in total. The van der Waals surface area contributed by atoms with Crippen molar-refractivity contribution in [2.45, 2.75) is 6.92 Å². The number of terminal acetylenes is 1. The molecule has 0 unspecified atom stereocenters. The van der Waals surface area contributed by atoms with Crippen LogP contribution in [0.1, 0.15) is 5.56 Å². The molecular formula is C13H13N3O5. The van der Waals surface area contributed by atoms with E-state index in [1.54, 1.807) is 6.92 Å². The van der Waals surface area contributed by atoms with Crippen LogP contribution in [0, 0.1) is 29.4 Å². The van der Waals surface area contributed by atoms with Crippen LogP contribution in [0.25, 0.3) is 0 Å². The van der Waals surface area contributed by atoms with Gasteiger partial charge in [0.2, 0.25) is 0 Å². The van der Waals surface area contributed by atoms with Gasteiger partial charge in [-0.2, -0.15) is 0 Å². The smallest absolute Gasteiger partial charge is 0.323 e. The number of rotatable bonds is 5. The van der Waals surface area contributed by atoms with Crippen molar-refractivity contribution < 1.29 is 19.6 Å². The second-order valence-electron chi connectivity index (χ2n) is 4.14. The summed E-state index contributed by atoms with van der Waals surface area (Å²) in [6.07, 6.45) is 5.08. The number of carboxylic acids is 1. The van der Waals surface area contributed by atoms with Gasteiger partial charge in [-0.1, -0.05) is 5.92 Å². The van der Waals surface area contributed by atoms with Crippen molar-refractivity contribution in [3.63, 3.8) is 0 Å². The predicted molar refractivity (Wildman–Crippen MR) is 74.9 cm³/mol. The van der Waals surface area contributed by atoms with E-state index in [0.717, 1.165) is 4.90 Å². The fourth-order valence-corrected chi connectivity index (χ4v) is 1.57. The molecule has 0 heterocycles. The molecule has 8 heteroatoms. The first kappa shape index (κ1) is 16.0. The van der Waals surface area contributed by atoms with Crippen molar-refractivity contribution in [1.82, 2.24) is 4.90 Å². The van der Waals surface area contributed by atoms with Crippen molar-refractivity contribution in [1.29, 1.82) is 0 Å². The molecule has 0 spiro atoms. The molecule has 0 radical (unpaired) electrons. The van der Waals surface area contributed by atoms with Crippen LogP contribution < -0.4 is 5.32 Å². The monoisotopic (exact) mass is 291 g/mol. The summed E-state index contributed by atoms with van der Waals surface area (Å²) >= 11 is 0. The zero-order valence-corrected chi connectivity index (χ0v) is 11.2. The molecule has 1 aromatic carbocycles. The fourth-order valence-electron chi connectivity index (χ4n) is 1.57. The fraction of sp³-hybridized carbons (Fsp3) is 0.231. The van der Waals surface area contributed by atoms with Gasteiger partial charge in [-0.15, -0.1) is 6.42 Å². The summed E-state index contributed by atoms with van der Waals surface area (Å²) < 4.78 is 0. The molecule has 0 aliphatic carbocycles. The average molecular weight is 291 g/mol. The Morgan fingerprint density at radius 1 is 1.52 bits per heavy atom. The molecule has 1 aromatic rings. The number of anilines is 1. The summed E-state index contributed by atoms with van der Waals surface area (Å²) in [6, 6.07) is 3.23. The number of urea groups is 1. The Balaban J connectivity index is 2.88. The van der Waals surface area contributed by atoms with Crippen LogP contribution in [0.4, 0.5) is 16.2 Å². The van der Waals surface area contributed by atoms with E-state index < -0.39 is 23.5 Å². The van der Waals surface area contributed by atoms with Gasteiger partial charge in [0.15, 0.2) is 0 Å². The Morgan fingerprint density at radius 3 is 2.67 bits per heavy atom. The first-order valence-corrected chi connectivity index (χ1v) is 5.81. The highest BCUT2D eigenvalue weighted by Crippen LogP contribution is 2.21. The van der Waals surface area contributed by atoms with Gasteiger partial charge in [0.25, 0.3) is 5.69 Å². The maximum atomic E-state index is 11.9. The van der Waals surface area contributed by atoms with Crippen molar-refractivity contribution in [3.8, 4) is 12.3 Å². The molecule has 0 aliphatic rings. The minimum atomic E-state index is -1.19. The number of nitro groups is 1. The van der Waals surface area contributed by atoms with Gasteiger partial charge in [0.05, 0.1) is 11.5 Å². The number of amides is 2. The summed E-state index contributed by atoms with van der Waals surface area (Å²) in [7, 11) is 0.